The van der Waals surface area contributed by atoms with Crippen LogP contribution in [0.3, 0.4) is 0 Å². The summed E-state index contributed by atoms with van der Waals surface area (Å²) in [6.45, 7) is 0. The van der Waals surface area contributed by atoms with Crippen molar-refractivity contribution in [3.05, 3.63) is 70.8 Å². The van der Waals surface area contributed by atoms with Gasteiger partial charge in [-0.3, -0.25) is 0 Å². The van der Waals surface area contributed by atoms with Crippen molar-refractivity contribution in [2.24, 2.45) is 0 Å². The third-order valence-corrected chi connectivity index (χ3v) is 2.79. The van der Waals surface area contributed by atoms with Gasteiger partial charge in [-0.2, -0.15) is 0 Å². The van der Waals surface area contributed by atoms with Gasteiger partial charge in [-0.25, -0.2) is 9.59 Å². The van der Waals surface area contributed by atoms with Crippen LogP contribution in [0.5, 0.6) is 0 Å². The van der Waals surface area contributed by atoms with Crippen molar-refractivity contribution < 1.29 is 19.8 Å². The van der Waals surface area contributed by atoms with E-state index in [2.05, 4.69) is 0 Å². The predicted molar refractivity (Wildman–Crippen MR) is 75.7 cm³/mol. The quantitative estimate of drug-likeness (QED) is 0.835. The zero-order valence-electron chi connectivity index (χ0n) is 10.5. The number of carboxylic acids is 2. The van der Waals surface area contributed by atoms with Gasteiger partial charge in [0.2, 0.25) is 0 Å². The standard InChI is InChI=1S/C16H12O4/c17-15(18)13-9-8-12(14(10-13)16(19)20)7-6-11-4-2-1-3-5-11/h1-10H,(H,17,18)(H,19,20)/b7-6+. The Bertz CT molecular complexity index is 672. The van der Waals surface area contributed by atoms with E-state index in [0.29, 0.717) is 5.56 Å². The van der Waals surface area contributed by atoms with E-state index >= 15 is 0 Å². The third-order valence-electron chi connectivity index (χ3n) is 2.79. The first-order valence-corrected chi connectivity index (χ1v) is 5.91. The fourth-order valence-electron chi connectivity index (χ4n) is 1.77. The second kappa shape index (κ2) is 5.84. The molecular formula is C16H12O4. The van der Waals surface area contributed by atoms with E-state index in [1.54, 1.807) is 12.2 Å². The number of hydrogen-bond donors (Lipinski definition) is 2. The van der Waals surface area contributed by atoms with Gasteiger partial charge in [0.1, 0.15) is 0 Å². The monoisotopic (exact) mass is 268 g/mol. The fourth-order valence-corrected chi connectivity index (χ4v) is 1.77. The molecule has 0 unspecified atom stereocenters. The Kier molecular flexibility index (Phi) is 3.96. The first-order chi connectivity index (χ1) is 9.58. The number of carbonyl (C=O) groups is 2. The number of rotatable bonds is 4. The lowest BCUT2D eigenvalue weighted by Crippen LogP contribution is -2.04. The number of benzene rings is 2. The lowest BCUT2D eigenvalue weighted by molar-refractivity contribution is 0.0695. The zero-order valence-corrected chi connectivity index (χ0v) is 10.5. The van der Waals surface area contributed by atoms with E-state index in [9.17, 15) is 9.59 Å². The molecule has 0 amide bonds. The molecule has 0 saturated carbocycles. The van der Waals surface area contributed by atoms with Crippen molar-refractivity contribution in [2.45, 2.75) is 0 Å². The molecule has 100 valence electrons. The van der Waals surface area contributed by atoms with Gasteiger partial charge in [0.05, 0.1) is 11.1 Å². The number of carboxylic acid groups (broad SMARTS) is 2. The van der Waals surface area contributed by atoms with Gasteiger partial charge in [-0.05, 0) is 23.3 Å². The molecule has 0 radical (unpaired) electrons. The van der Waals surface area contributed by atoms with Crippen LogP contribution in [0.4, 0.5) is 0 Å². The average Bonchev–Trinajstić information content (AvgIpc) is 2.45. The minimum Gasteiger partial charge on any atom is -0.478 e. The summed E-state index contributed by atoms with van der Waals surface area (Å²) in [5.41, 5.74) is 1.33. The highest BCUT2D eigenvalue weighted by molar-refractivity contribution is 5.97. The second-order valence-corrected chi connectivity index (χ2v) is 4.16. The minimum atomic E-state index is -1.15. The fraction of sp³-hybridized carbons (Fsp3) is 0. The second-order valence-electron chi connectivity index (χ2n) is 4.16. The summed E-state index contributed by atoms with van der Waals surface area (Å²) in [6, 6.07) is 13.5. The Labute approximate surface area is 115 Å². The molecule has 2 N–H and O–H groups in total. The molecule has 2 aromatic carbocycles. The largest absolute Gasteiger partial charge is 0.478 e. The van der Waals surface area contributed by atoms with Crippen molar-refractivity contribution >= 4 is 24.1 Å². The Morgan fingerprint density at radius 3 is 2.15 bits per heavy atom. The van der Waals surface area contributed by atoms with Crippen LogP contribution < -0.4 is 0 Å². The Morgan fingerprint density at radius 2 is 1.55 bits per heavy atom. The lowest BCUT2D eigenvalue weighted by atomic mass is 10.0. The molecule has 0 bridgehead atoms. The molecule has 2 aromatic rings. The molecule has 20 heavy (non-hydrogen) atoms. The van der Waals surface area contributed by atoms with Crippen molar-refractivity contribution in [3.8, 4) is 0 Å². The highest BCUT2D eigenvalue weighted by Gasteiger charge is 2.12. The summed E-state index contributed by atoms with van der Waals surface area (Å²) in [6.07, 6.45) is 3.44. The topological polar surface area (TPSA) is 74.6 Å². The molecule has 4 nitrogen and oxygen atoms in total. The number of aromatic carboxylic acids is 2. The van der Waals surface area contributed by atoms with Crippen LogP contribution in [0.25, 0.3) is 12.2 Å². The van der Waals surface area contributed by atoms with Crippen LogP contribution in [0.1, 0.15) is 31.8 Å². The summed E-state index contributed by atoms with van der Waals surface area (Å²) in [7, 11) is 0. The van der Waals surface area contributed by atoms with Crippen molar-refractivity contribution in [1.82, 2.24) is 0 Å². The van der Waals surface area contributed by atoms with Crippen molar-refractivity contribution in [3.63, 3.8) is 0 Å². The molecule has 0 aliphatic heterocycles. The van der Waals surface area contributed by atoms with Crippen LogP contribution >= 0.6 is 0 Å². The van der Waals surface area contributed by atoms with E-state index in [4.69, 9.17) is 10.2 Å². The Hall–Kier alpha value is -2.88. The van der Waals surface area contributed by atoms with E-state index in [1.165, 1.54) is 12.1 Å². The molecule has 0 heterocycles. The van der Waals surface area contributed by atoms with Crippen LogP contribution in [-0.4, -0.2) is 22.2 Å². The summed E-state index contributed by atoms with van der Waals surface area (Å²) < 4.78 is 0. The smallest absolute Gasteiger partial charge is 0.336 e. The van der Waals surface area contributed by atoms with Gasteiger partial charge >= 0.3 is 11.9 Å². The van der Waals surface area contributed by atoms with Crippen LogP contribution in [0.15, 0.2) is 48.5 Å². The number of hydrogen-bond acceptors (Lipinski definition) is 2. The summed E-state index contributed by atoms with van der Waals surface area (Å²) in [4.78, 5) is 22.0. The van der Waals surface area contributed by atoms with Crippen molar-refractivity contribution in [1.29, 1.82) is 0 Å². The van der Waals surface area contributed by atoms with Gasteiger partial charge in [0, 0.05) is 0 Å². The molecule has 0 aromatic heterocycles. The van der Waals surface area contributed by atoms with Gasteiger partial charge in [-0.1, -0.05) is 48.6 Å². The molecule has 0 aliphatic carbocycles. The first-order valence-electron chi connectivity index (χ1n) is 5.91. The summed E-state index contributed by atoms with van der Waals surface area (Å²) >= 11 is 0. The zero-order chi connectivity index (χ0) is 14.5. The van der Waals surface area contributed by atoms with E-state index in [-0.39, 0.29) is 11.1 Å². The lowest BCUT2D eigenvalue weighted by Gasteiger charge is -2.03. The van der Waals surface area contributed by atoms with Gasteiger partial charge in [0.25, 0.3) is 0 Å². The van der Waals surface area contributed by atoms with Crippen LogP contribution in [-0.2, 0) is 0 Å². The molecule has 0 aliphatic rings. The third kappa shape index (κ3) is 3.11. The maximum atomic E-state index is 11.2. The molecule has 0 fully saturated rings. The average molecular weight is 268 g/mol. The minimum absolute atomic E-state index is 0.0305. The molecular weight excluding hydrogens is 256 g/mol. The molecule has 0 saturated heterocycles. The van der Waals surface area contributed by atoms with Gasteiger partial charge in [-0.15, -0.1) is 0 Å². The molecule has 0 spiro atoms. The summed E-state index contributed by atoms with van der Waals surface area (Å²) in [5, 5.41) is 18.0. The SMILES string of the molecule is O=C(O)c1ccc(/C=C/c2ccccc2)c(C(=O)O)c1. The van der Waals surface area contributed by atoms with Crippen LogP contribution in [0.2, 0.25) is 0 Å². The molecule has 2 rings (SSSR count). The highest BCUT2D eigenvalue weighted by Crippen LogP contribution is 2.16. The molecule has 4 heteroatoms. The summed E-state index contributed by atoms with van der Waals surface area (Å²) in [5.74, 6) is -2.30. The van der Waals surface area contributed by atoms with E-state index in [1.807, 2.05) is 30.3 Å². The molecule has 0 atom stereocenters. The maximum Gasteiger partial charge on any atom is 0.336 e. The Morgan fingerprint density at radius 1 is 0.850 bits per heavy atom. The first kappa shape index (κ1) is 13.5. The Balaban J connectivity index is 2.39. The van der Waals surface area contributed by atoms with Gasteiger partial charge < -0.3 is 10.2 Å². The highest BCUT2D eigenvalue weighted by atomic mass is 16.4. The van der Waals surface area contributed by atoms with Crippen LogP contribution in [0, 0.1) is 0 Å². The maximum absolute atomic E-state index is 11.2. The van der Waals surface area contributed by atoms with E-state index in [0.717, 1.165) is 11.6 Å². The van der Waals surface area contributed by atoms with Gasteiger partial charge in [0.15, 0.2) is 0 Å². The van der Waals surface area contributed by atoms with Crippen molar-refractivity contribution in [2.75, 3.05) is 0 Å². The normalized spacial score (nSPS) is 10.6. The predicted octanol–water partition coefficient (Wildman–Crippen LogP) is 3.25. The van der Waals surface area contributed by atoms with E-state index < -0.39 is 11.9 Å².